The summed E-state index contributed by atoms with van der Waals surface area (Å²) in [7, 11) is 0. The zero-order valence-corrected chi connectivity index (χ0v) is 15.9. The van der Waals surface area contributed by atoms with Gasteiger partial charge in [-0.2, -0.15) is 0 Å². The molecular formula is C23H25NOS. The first-order valence-corrected chi connectivity index (χ1v) is 9.86. The van der Waals surface area contributed by atoms with E-state index in [2.05, 4.69) is 36.5 Å². The van der Waals surface area contributed by atoms with Crippen LogP contribution in [0.2, 0.25) is 0 Å². The van der Waals surface area contributed by atoms with Crippen molar-refractivity contribution in [2.45, 2.75) is 28.7 Å². The summed E-state index contributed by atoms with van der Waals surface area (Å²) in [4.78, 5) is 2.38. The second-order valence-corrected chi connectivity index (χ2v) is 7.42. The number of hydrogen-bond donors (Lipinski definition) is 2. The highest BCUT2D eigenvalue weighted by Gasteiger charge is 2.30. The number of nitrogens with one attached hydrogen (secondary N) is 1. The minimum Gasteiger partial charge on any atom is -0.380 e. The molecule has 26 heavy (non-hydrogen) atoms. The zero-order valence-electron chi connectivity index (χ0n) is 15.1. The van der Waals surface area contributed by atoms with Gasteiger partial charge in [0.25, 0.3) is 0 Å². The molecule has 0 aliphatic rings. The van der Waals surface area contributed by atoms with Crippen molar-refractivity contribution in [2.75, 3.05) is 13.1 Å². The van der Waals surface area contributed by atoms with Gasteiger partial charge in [0.1, 0.15) is 5.60 Å². The van der Waals surface area contributed by atoms with Gasteiger partial charge in [0, 0.05) is 9.79 Å². The van der Waals surface area contributed by atoms with E-state index in [0.717, 1.165) is 24.2 Å². The third-order valence-corrected chi connectivity index (χ3v) is 5.49. The summed E-state index contributed by atoms with van der Waals surface area (Å²) in [5.74, 6) is 0. The van der Waals surface area contributed by atoms with Gasteiger partial charge in [0.15, 0.2) is 0 Å². The lowest BCUT2D eigenvalue weighted by molar-refractivity contribution is 0.0712. The summed E-state index contributed by atoms with van der Waals surface area (Å²) in [5.41, 5.74) is 0.875. The predicted molar refractivity (Wildman–Crippen MR) is 110 cm³/mol. The first-order chi connectivity index (χ1) is 12.7. The Kier molecular flexibility index (Phi) is 6.51. The van der Waals surface area contributed by atoms with Gasteiger partial charge in [-0.25, -0.2) is 0 Å². The van der Waals surface area contributed by atoms with Crippen LogP contribution in [-0.4, -0.2) is 18.2 Å². The molecule has 0 amide bonds. The number of benzene rings is 3. The lowest BCUT2D eigenvalue weighted by atomic mass is 9.83. The average molecular weight is 364 g/mol. The van der Waals surface area contributed by atoms with Crippen LogP contribution in [-0.2, 0) is 5.60 Å². The normalized spacial score (nSPS) is 13.3. The van der Waals surface area contributed by atoms with Crippen molar-refractivity contribution >= 4 is 11.8 Å². The van der Waals surface area contributed by atoms with Gasteiger partial charge in [-0.1, -0.05) is 79.3 Å². The topological polar surface area (TPSA) is 32.3 Å². The molecule has 0 saturated heterocycles. The SMILES string of the molecule is CCNCCC(O)(c1ccccc1)c1ccc(Sc2ccccc2)cc1. The van der Waals surface area contributed by atoms with Crippen LogP contribution in [0.15, 0.2) is 94.7 Å². The summed E-state index contributed by atoms with van der Waals surface area (Å²) >= 11 is 1.73. The van der Waals surface area contributed by atoms with Gasteiger partial charge in [-0.15, -0.1) is 0 Å². The highest BCUT2D eigenvalue weighted by atomic mass is 32.2. The second kappa shape index (κ2) is 9.04. The van der Waals surface area contributed by atoms with Gasteiger partial charge in [-0.05, 0) is 54.9 Å². The van der Waals surface area contributed by atoms with Gasteiger partial charge in [-0.3, -0.25) is 0 Å². The molecule has 0 radical (unpaired) electrons. The first-order valence-electron chi connectivity index (χ1n) is 9.04. The fourth-order valence-electron chi connectivity index (χ4n) is 3.04. The Bertz CT molecular complexity index is 789. The Balaban J connectivity index is 1.84. The van der Waals surface area contributed by atoms with Crippen molar-refractivity contribution in [3.8, 4) is 0 Å². The highest BCUT2D eigenvalue weighted by molar-refractivity contribution is 7.99. The lowest BCUT2D eigenvalue weighted by Crippen LogP contribution is -2.32. The van der Waals surface area contributed by atoms with E-state index < -0.39 is 5.60 Å². The van der Waals surface area contributed by atoms with Crippen molar-refractivity contribution in [1.29, 1.82) is 0 Å². The van der Waals surface area contributed by atoms with E-state index >= 15 is 0 Å². The van der Waals surface area contributed by atoms with E-state index in [-0.39, 0.29) is 0 Å². The molecule has 0 bridgehead atoms. The van der Waals surface area contributed by atoms with Crippen LogP contribution < -0.4 is 5.32 Å². The van der Waals surface area contributed by atoms with Gasteiger partial charge >= 0.3 is 0 Å². The fourth-order valence-corrected chi connectivity index (χ4v) is 3.88. The maximum atomic E-state index is 11.5. The quantitative estimate of drug-likeness (QED) is 0.548. The Morgan fingerprint density at radius 3 is 1.92 bits per heavy atom. The van der Waals surface area contributed by atoms with E-state index in [4.69, 9.17) is 0 Å². The Hall–Kier alpha value is -2.07. The van der Waals surface area contributed by atoms with Gasteiger partial charge in [0.05, 0.1) is 0 Å². The molecule has 0 aromatic heterocycles. The van der Waals surface area contributed by atoms with Crippen molar-refractivity contribution in [3.05, 3.63) is 96.1 Å². The molecular weight excluding hydrogens is 338 g/mol. The summed E-state index contributed by atoms with van der Waals surface area (Å²) in [5, 5.41) is 14.8. The summed E-state index contributed by atoms with van der Waals surface area (Å²) in [6.07, 6.45) is 0.635. The smallest absolute Gasteiger partial charge is 0.116 e. The lowest BCUT2D eigenvalue weighted by Gasteiger charge is -2.30. The molecule has 2 nitrogen and oxygen atoms in total. The number of aliphatic hydroxyl groups is 1. The van der Waals surface area contributed by atoms with Gasteiger partial charge in [0.2, 0.25) is 0 Å². The third kappa shape index (κ3) is 4.55. The molecule has 0 spiro atoms. The van der Waals surface area contributed by atoms with Crippen molar-refractivity contribution in [3.63, 3.8) is 0 Å². The van der Waals surface area contributed by atoms with Crippen molar-refractivity contribution in [2.24, 2.45) is 0 Å². The van der Waals surface area contributed by atoms with E-state index in [1.807, 2.05) is 60.7 Å². The monoisotopic (exact) mass is 363 g/mol. The Morgan fingerprint density at radius 1 is 0.769 bits per heavy atom. The molecule has 3 rings (SSSR count). The minimum atomic E-state index is -0.987. The fraction of sp³-hybridized carbons (Fsp3) is 0.217. The van der Waals surface area contributed by atoms with Gasteiger partial charge < -0.3 is 10.4 Å². The molecule has 1 atom stereocenters. The zero-order chi connectivity index (χ0) is 18.2. The van der Waals surface area contributed by atoms with Crippen molar-refractivity contribution in [1.82, 2.24) is 5.32 Å². The van der Waals surface area contributed by atoms with Crippen LogP contribution >= 0.6 is 11.8 Å². The Labute approximate surface area is 160 Å². The molecule has 0 fully saturated rings. The molecule has 0 aliphatic heterocycles. The molecule has 3 aromatic carbocycles. The number of hydrogen-bond acceptors (Lipinski definition) is 3. The third-order valence-electron chi connectivity index (χ3n) is 4.48. The van der Waals surface area contributed by atoms with Crippen LogP contribution in [0.1, 0.15) is 24.5 Å². The van der Waals surface area contributed by atoms with E-state index in [1.165, 1.54) is 9.79 Å². The summed E-state index contributed by atoms with van der Waals surface area (Å²) < 4.78 is 0. The van der Waals surface area contributed by atoms with Crippen LogP contribution in [0.25, 0.3) is 0 Å². The first kappa shape index (κ1) is 18.7. The summed E-state index contributed by atoms with van der Waals surface area (Å²) in [6, 6.07) is 28.5. The second-order valence-electron chi connectivity index (χ2n) is 6.27. The molecule has 1 unspecified atom stereocenters. The van der Waals surface area contributed by atoms with Crippen LogP contribution in [0, 0.1) is 0 Å². The number of rotatable bonds is 8. The highest BCUT2D eigenvalue weighted by Crippen LogP contribution is 2.35. The van der Waals surface area contributed by atoms with Crippen LogP contribution in [0.4, 0.5) is 0 Å². The molecule has 2 N–H and O–H groups in total. The van der Waals surface area contributed by atoms with E-state index in [9.17, 15) is 5.11 Å². The van der Waals surface area contributed by atoms with E-state index in [0.29, 0.717) is 6.42 Å². The Morgan fingerprint density at radius 2 is 1.31 bits per heavy atom. The average Bonchev–Trinajstić information content (AvgIpc) is 2.70. The maximum Gasteiger partial charge on any atom is 0.116 e. The largest absolute Gasteiger partial charge is 0.380 e. The van der Waals surface area contributed by atoms with Crippen LogP contribution in [0.3, 0.4) is 0 Å². The summed E-state index contributed by atoms with van der Waals surface area (Å²) in [6.45, 7) is 3.75. The standard InChI is InChI=1S/C23H25NOS/c1-2-24-18-17-23(25,19-9-5-3-6-10-19)20-13-15-22(16-14-20)26-21-11-7-4-8-12-21/h3-16,24-25H,2,17-18H2,1H3. The molecule has 0 heterocycles. The molecule has 0 saturated carbocycles. The predicted octanol–water partition coefficient (Wildman–Crippen LogP) is 5.07. The molecule has 0 aliphatic carbocycles. The van der Waals surface area contributed by atoms with Crippen molar-refractivity contribution < 1.29 is 5.11 Å². The van der Waals surface area contributed by atoms with E-state index in [1.54, 1.807) is 11.8 Å². The van der Waals surface area contributed by atoms with Crippen LogP contribution in [0.5, 0.6) is 0 Å². The maximum absolute atomic E-state index is 11.5. The minimum absolute atomic E-state index is 0.635. The molecule has 3 heteroatoms. The molecule has 3 aromatic rings. The molecule has 134 valence electrons.